The van der Waals surface area contributed by atoms with Crippen molar-refractivity contribution in [3.05, 3.63) is 52.7 Å². The average molecular weight is 279 g/mol. The lowest BCUT2D eigenvalue weighted by atomic mass is 10.2. The first-order valence-corrected chi connectivity index (χ1v) is 5.80. The zero-order valence-corrected chi connectivity index (χ0v) is 10.6. The van der Waals surface area contributed by atoms with Gasteiger partial charge < -0.3 is 15.6 Å². The maximum Gasteiger partial charge on any atom is 0.338 e. The quantitative estimate of drug-likeness (QED) is 0.898. The molecular formula is C13H11ClN2O3. The molecule has 0 radical (unpaired) electrons. The third-order valence-electron chi connectivity index (χ3n) is 2.44. The van der Waals surface area contributed by atoms with Gasteiger partial charge in [0.05, 0.1) is 17.4 Å². The second-order valence-corrected chi connectivity index (χ2v) is 4.27. The molecule has 2 aromatic rings. The number of nitrogens with two attached hydrogens (primary N) is 1. The number of aromatic nitrogens is 1. The zero-order chi connectivity index (χ0) is 13.8. The summed E-state index contributed by atoms with van der Waals surface area (Å²) in [5.41, 5.74) is 6.48. The zero-order valence-electron chi connectivity index (χ0n) is 9.84. The van der Waals surface area contributed by atoms with E-state index in [1.165, 1.54) is 12.3 Å². The van der Waals surface area contributed by atoms with E-state index in [1.807, 2.05) is 12.1 Å². The van der Waals surface area contributed by atoms with E-state index in [2.05, 4.69) is 4.98 Å². The Bertz CT molecular complexity index is 599. The van der Waals surface area contributed by atoms with Crippen molar-refractivity contribution in [2.75, 3.05) is 5.73 Å². The van der Waals surface area contributed by atoms with Crippen LogP contribution in [0.5, 0.6) is 5.88 Å². The van der Waals surface area contributed by atoms with Crippen molar-refractivity contribution in [2.45, 2.75) is 6.61 Å². The summed E-state index contributed by atoms with van der Waals surface area (Å²) in [6.07, 6.45) is 1.26. The molecule has 0 bridgehead atoms. The maximum atomic E-state index is 10.9. The molecule has 0 aliphatic carbocycles. The van der Waals surface area contributed by atoms with Crippen LogP contribution in [0.15, 0.2) is 36.5 Å². The Morgan fingerprint density at radius 3 is 2.68 bits per heavy atom. The number of pyridine rings is 1. The SMILES string of the molecule is Nc1cnc(OCc2ccc(Cl)cc2)cc1C(=O)O. The average Bonchev–Trinajstić information content (AvgIpc) is 2.39. The summed E-state index contributed by atoms with van der Waals surface area (Å²) in [4.78, 5) is 14.8. The molecule has 1 aromatic carbocycles. The highest BCUT2D eigenvalue weighted by Gasteiger charge is 2.10. The molecule has 1 heterocycles. The van der Waals surface area contributed by atoms with Crippen molar-refractivity contribution >= 4 is 23.3 Å². The highest BCUT2D eigenvalue weighted by atomic mass is 35.5. The molecular weight excluding hydrogens is 268 g/mol. The van der Waals surface area contributed by atoms with E-state index in [9.17, 15) is 4.79 Å². The van der Waals surface area contributed by atoms with Crippen LogP contribution in [0.4, 0.5) is 5.69 Å². The second kappa shape index (κ2) is 5.58. The van der Waals surface area contributed by atoms with Crippen LogP contribution in [-0.4, -0.2) is 16.1 Å². The van der Waals surface area contributed by atoms with Gasteiger partial charge in [-0.1, -0.05) is 23.7 Å². The molecule has 0 aliphatic heterocycles. The van der Waals surface area contributed by atoms with E-state index in [-0.39, 0.29) is 23.7 Å². The number of aromatic carboxylic acids is 1. The molecule has 0 spiro atoms. The first-order chi connectivity index (χ1) is 9.06. The lowest BCUT2D eigenvalue weighted by Gasteiger charge is -2.07. The number of hydrogen-bond donors (Lipinski definition) is 2. The Morgan fingerprint density at radius 1 is 1.37 bits per heavy atom. The highest BCUT2D eigenvalue weighted by Crippen LogP contribution is 2.18. The van der Waals surface area contributed by atoms with Crippen LogP contribution >= 0.6 is 11.6 Å². The van der Waals surface area contributed by atoms with Crippen LogP contribution in [-0.2, 0) is 6.61 Å². The summed E-state index contributed by atoms with van der Waals surface area (Å²) in [5, 5.41) is 9.57. The molecule has 5 nitrogen and oxygen atoms in total. The predicted octanol–water partition coefficient (Wildman–Crippen LogP) is 2.59. The van der Waals surface area contributed by atoms with E-state index in [0.717, 1.165) is 5.56 Å². The summed E-state index contributed by atoms with van der Waals surface area (Å²) < 4.78 is 5.40. The number of halogens is 1. The molecule has 19 heavy (non-hydrogen) atoms. The highest BCUT2D eigenvalue weighted by molar-refractivity contribution is 6.30. The molecule has 0 saturated carbocycles. The number of benzene rings is 1. The van der Waals surface area contributed by atoms with Crippen LogP contribution in [0.25, 0.3) is 0 Å². The number of nitrogen functional groups attached to an aromatic ring is 1. The van der Waals surface area contributed by atoms with E-state index < -0.39 is 5.97 Å². The van der Waals surface area contributed by atoms with Crippen molar-refractivity contribution < 1.29 is 14.6 Å². The lowest BCUT2D eigenvalue weighted by molar-refractivity contribution is 0.0697. The number of rotatable bonds is 4. The topological polar surface area (TPSA) is 85.4 Å². The van der Waals surface area contributed by atoms with Crippen LogP contribution in [0.2, 0.25) is 5.02 Å². The fraction of sp³-hybridized carbons (Fsp3) is 0.0769. The summed E-state index contributed by atoms with van der Waals surface area (Å²) in [7, 11) is 0. The van der Waals surface area contributed by atoms with Gasteiger partial charge in [-0.2, -0.15) is 0 Å². The Kier molecular flexibility index (Phi) is 3.87. The van der Waals surface area contributed by atoms with Gasteiger partial charge in [0.1, 0.15) is 6.61 Å². The molecule has 98 valence electrons. The number of carboxylic acid groups (broad SMARTS) is 1. The van der Waals surface area contributed by atoms with Gasteiger partial charge in [-0.25, -0.2) is 9.78 Å². The van der Waals surface area contributed by atoms with Gasteiger partial charge in [0.25, 0.3) is 0 Å². The Balaban J connectivity index is 2.09. The van der Waals surface area contributed by atoms with Gasteiger partial charge in [-0.3, -0.25) is 0 Å². The van der Waals surface area contributed by atoms with E-state index >= 15 is 0 Å². The van der Waals surface area contributed by atoms with Gasteiger partial charge in [0, 0.05) is 11.1 Å². The minimum atomic E-state index is -1.11. The third kappa shape index (κ3) is 3.35. The lowest BCUT2D eigenvalue weighted by Crippen LogP contribution is -2.05. The molecule has 1 aromatic heterocycles. The molecule has 0 unspecified atom stereocenters. The number of anilines is 1. The fourth-order valence-electron chi connectivity index (χ4n) is 1.45. The largest absolute Gasteiger partial charge is 0.478 e. The summed E-state index contributed by atoms with van der Waals surface area (Å²) >= 11 is 5.77. The molecule has 2 rings (SSSR count). The molecule has 6 heteroatoms. The van der Waals surface area contributed by atoms with Gasteiger partial charge in [-0.15, -0.1) is 0 Å². The van der Waals surface area contributed by atoms with Crippen molar-refractivity contribution in [1.29, 1.82) is 0 Å². The standard InChI is InChI=1S/C13H11ClN2O3/c14-9-3-1-8(2-4-9)7-19-12-5-10(13(17)18)11(15)6-16-12/h1-6H,7,15H2,(H,17,18). The van der Waals surface area contributed by atoms with Crippen molar-refractivity contribution in [3.63, 3.8) is 0 Å². The van der Waals surface area contributed by atoms with E-state index in [4.69, 9.17) is 27.2 Å². The number of carbonyl (C=O) groups is 1. The minimum Gasteiger partial charge on any atom is -0.478 e. The monoisotopic (exact) mass is 278 g/mol. The normalized spacial score (nSPS) is 10.2. The Morgan fingerprint density at radius 2 is 2.05 bits per heavy atom. The maximum absolute atomic E-state index is 10.9. The van der Waals surface area contributed by atoms with Crippen LogP contribution in [0.3, 0.4) is 0 Å². The minimum absolute atomic E-state index is 0.0268. The smallest absolute Gasteiger partial charge is 0.338 e. The second-order valence-electron chi connectivity index (χ2n) is 3.83. The van der Waals surface area contributed by atoms with E-state index in [1.54, 1.807) is 12.1 Å². The molecule has 0 aliphatic rings. The van der Waals surface area contributed by atoms with Crippen molar-refractivity contribution in [2.24, 2.45) is 0 Å². The molecule has 0 atom stereocenters. The van der Waals surface area contributed by atoms with Crippen molar-refractivity contribution in [1.82, 2.24) is 4.98 Å². The van der Waals surface area contributed by atoms with E-state index in [0.29, 0.717) is 5.02 Å². The van der Waals surface area contributed by atoms with Crippen LogP contribution in [0.1, 0.15) is 15.9 Å². The number of hydrogen-bond acceptors (Lipinski definition) is 4. The van der Waals surface area contributed by atoms with Crippen LogP contribution in [0, 0.1) is 0 Å². The molecule has 3 N–H and O–H groups in total. The summed E-state index contributed by atoms with van der Waals surface area (Å²) in [6.45, 7) is 0.271. The van der Waals surface area contributed by atoms with Gasteiger partial charge in [0.15, 0.2) is 0 Å². The Hall–Kier alpha value is -2.27. The molecule has 0 fully saturated rings. The Labute approximate surface area is 114 Å². The molecule has 0 amide bonds. The summed E-state index contributed by atoms with van der Waals surface area (Å²) in [5.74, 6) is -0.905. The van der Waals surface area contributed by atoms with Gasteiger partial charge >= 0.3 is 5.97 Å². The first kappa shape index (κ1) is 13.2. The van der Waals surface area contributed by atoms with Crippen molar-refractivity contribution in [3.8, 4) is 5.88 Å². The van der Waals surface area contributed by atoms with Gasteiger partial charge in [-0.05, 0) is 17.7 Å². The molecule has 0 saturated heterocycles. The third-order valence-corrected chi connectivity index (χ3v) is 2.69. The summed E-state index contributed by atoms with van der Waals surface area (Å²) in [6, 6.07) is 8.43. The number of carboxylic acids is 1. The number of nitrogens with zero attached hydrogens (tertiary/aromatic N) is 1. The first-order valence-electron chi connectivity index (χ1n) is 5.42. The fourth-order valence-corrected chi connectivity index (χ4v) is 1.57. The predicted molar refractivity (Wildman–Crippen MR) is 71.4 cm³/mol. The van der Waals surface area contributed by atoms with Gasteiger partial charge in [0.2, 0.25) is 5.88 Å². The number of ether oxygens (including phenoxy) is 1. The van der Waals surface area contributed by atoms with Crippen LogP contribution < -0.4 is 10.5 Å².